The van der Waals surface area contributed by atoms with Crippen LogP contribution in [0.15, 0.2) is 29.6 Å². The minimum Gasteiger partial charge on any atom is -0.333 e. The van der Waals surface area contributed by atoms with Crippen LogP contribution in [0.3, 0.4) is 0 Å². The molecule has 94 valence electrons. The molecule has 0 bridgehead atoms. The number of amides is 1. The van der Waals surface area contributed by atoms with Crippen LogP contribution in [-0.4, -0.2) is 36.5 Å². The molecular weight excluding hydrogens is 244 g/mol. The number of hydrogen-bond acceptors (Lipinski definition) is 3. The van der Waals surface area contributed by atoms with Gasteiger partial charge < -0.3 is 10.2 Å². The molecular formula is C14H16N2OS. The van der Waals surface area contributed by atoms with Gasteiger partial charge in [-0.1, -0.05) is 18.2 Å². The molecule has 0 unspecified atom stereocenters. The van der Waals surface area contributed by atoms with Gasteiger partial charge >= 0.3 is 0 Å². The molecule has 0 saturated carbocycles. The Morgan fingerprint density at radius 2 is 2.28 bits per heavy atom. The fourth-order valence-corrected chi connectivity index (χ4v) is 3.38. The summed E-state index contributed by atoms with van der Waals surface area (Å²) in [6, 6.07) is 8.38. The molecule has 1 fully saturated rings. The van der Waals surface area contributed by atoms with Crippen molar-refractivity contribution in [1.29, 1.82) is 0 Å². The number of nitrogens with one attached hydrogen (secondary N) is 1. The third kappa shape index (κ3) is 1.91. The summed E-state index contributed by atoms with van der Waals surface area (Å²) in [5.41, 5.74) is 0.851. The number of fused-ring (bicyclic) bond motifs is 1. The fraction of sp³-hybridized carbons (Fsp3) is 0.357. The first-order chi connectivity index (χ1) is 8.77. The molecule has 4 heteroatoms. The molecule has 1 aliphatic rings. The van der Waals surface area contributed by atoms with Crippen molar-refractivity contribution < 1.29 is 4.79 Å². The van der Waals surface area contributed by atoms with Gasteiger partial charge in [0.1, 0.15) is 0 Å². The molecule has 0 radical (unpaired) electrons. The van der Waals surface area contributed by atoms with Crippen molar-refractivity contribution in [2.45, 2.75) is 13.0 Å². The number of hydrogen-bond donors (Lipinski definition) is 1. The third-order valence-corrected chi connectivity index (χ3v) is 4.44. The molecule has 0 aliphatic carbocycles. The first-order valence-electron chi connectivity index (χ1n) is 6.25. The number of nitrogens with zero attached hydrogens (tertiary/aromatic N) is 1. The maximum Gasteiger partial charge on any atom is 0.255 e. The van der Waals surface area contributed by atoms with E-state index in [0.29, 0.717) is 0 Å². The van der Waals surface area contributed by atoms with Crippen LogP contribution >= 0.6 is 11.3 Å². The second-order valence-electron chi connectivity index (χ2n) is 4.70. The minimum absolute atomic E-state index is 0.168. The van der Waals surface area contributed by atoms with Crippen LogP contribution in [0, 0.1) is 0 Å². The number of carbonyl (C=O) groups is 1. The Morgan fingerprint density at radius 3 is 3.11 bits per heavy atom. The average Bonchev–Trinajstić information content (AvgIpc) is 2.82. The number of thiophene rings is 1. The summed E-state index contributed by atoms with van der Waals surface area (Å²) in [4.78, 5) is 14.6. The minimum atomic E-state index is 0.168. The van der Waals surface area contributed by atoms with Crippen molar-refractivity contribution >= 4 is 27.3 Å². The van der Waals surface area contributed by atoms with Crippen molar-refractivity contribution in [2.24, 2.45) is 0 Å². The molecule has 3 rings (SSSR count). The SMILES string of the molecule is C[C@H]1CNCCN1C(=O)c1csc2ccccc12. The van der Waals surface area contributed by atoms with Gasteiger partial charge in [0.2, 0.25) is 0 Å². The van der Waals surface area contributed by atoms with E-state index in [4.69, 9.17) is 0 Å². The van der Waals surface area contributed by atoms with Crippen LogP contribution in [-0.2, 0) is 0 Å². The Balaban J connectivity index is 1.96. The van der Waals surface area contributed by atoms with Gasteiger partial charge in [-0.15, -0.1) is 11.3 Å². The highest BCUT2D eigenvalue weighted by molar-refractivity contribution is 7.17. The summed E-state index contributed by atoms with van der Waals surface area (Å²) in [5.74, 6) is 0.168. The highest BCUT2D eigenvalue weighted by atomic mass is 32.1. The Labute approximate surface area is 110 Å². The molecule has 3 nitrogen and oxygen atoms in total. The topological polar surface area (TPSA) is 32.3 Å². The molecule has 1 N–H and O–H groups in total. The summed E-state index contributed by atoms with van der Waals surface area (Å²) in [7, 11) is 0. The Morgan fingerprint density at radius 1 is 1.44 bits per heavy atom. The van der Waals surface area contributed by atoms with Gasteiger partial charge in [-0.05, 0) is 13.0 Å². The van der Waals surface area contributed by atoms with Crippen molar-refractivity contribution in [1.82, 2.24) is 10.2 Å². The number of piperazine rings is 1. The van der Waals surface area contributed by atoms with Crippen molar-refractivity contribution in [3.8, 4) is 0 Å². The fourth-order valence-electron chi connectivity index (χ4n) is 2.44. The molecule has 0 spiro atoms. The van der Waals surface area contributed by atoms with Gasteiger partial charge in [0.05, 0.1) is 5.56 Å². The van der Waals surface area contributed by atoms with E-state index >= 15 is 0 Å². The second-order valence-corrected chi connectivity index (χ2v) is 5.61. The first kappa shape index (κ1) is 11.7. The lowest BCUT2D eigenvalue weighted by Gasteiger charge is -2.33. The average molecular weight is 260 g/mol. The van der Waals surface area contributed by atoms with Gasteiger partial charge in [0, 0.05) is 41.1 Å². The van der Waals surface area contributed by atoms with Crippen LogP contribution in [0.2, 0.25) is 0 Å². The van der Waals surface area contributed by atoms with E-state index in [2.05, 4.69) is 18.3 Å². The van der Waals surface area contributed by atoms with Crippen LogP contribution in [0.5, 0.6) is 0 Å². The van der Waals surface area contributed by atoms with E-state index in [0.717, 1.165) is 30.6 Å². The summed E-state index contributed by atoms with van der Waals surface area (Å²) in [6.45, 7) is 4.66. The maximum absolute atomic E-state index is 12.6. The Bertz CT molecular complexity index is 578. The monoisotopic (exact) mass is 260 g/mol. The molecule has 1 atom stereocenters. The van der Waals surface area contributed by atoms with Gasteiger partial charge in [0.15, 0.2) is 0 Å². The van der Waals surface area contributed by atoms with Gasteiger partial charge in [-0.3, -0.25) is 4.79 Å². The van der Waals surface area contributed by atoms with Gasteiger partial charge in [0.25, 0.3) is 5.91 Å². The molecule has 2 heterocycles. The number of rotatable bonds is 1. The second kappa shape index (κ2) is 4.71. The lowest BCUT2D eigenvalue weighted by Crippen LogP contribution is -2.52. The van der Waals surface area contributed by atoms with Crippen molar-refractivity contribution in [3.05, 3.63) is 35.2 Å². The van der Waals surface area contributed by atoms with E-state index in [1.165, 1.54) is 4.70 Å². The van der Waals surface area contributed by atoms with Crippen LogP contribution in [0.1, 0.15) is 17.3 Å². The quantitative estimate of drug-likeness (QED) is 0.853. The summed E-state index contributed by atoms with van der Waals surface area (Å²) < 4.78 is 1.18. The van der Waals surface area contributed by atoms with Crippen LogP contribution in [0.4, 0.5) is 0 Å². The Kier molecular flexibility index (Phi) is 3.06. The zero-order valence-corrected chi connectivity index (χ0v) is 11.2. The van der Waals surface area contributed by atoms with Crippen LogP contribution in [0.25, 0.3) is 10.1 Å². The van der Waals surface area contributed by atoms with Crippen molar-refractivity contribution in [2.75, 3.05) is 19.6 Å². The maximum atomic E-state index is 12.6. The first-order valence-corrected chi connectivity index (χ1v) is 7.13. The van der Waals surface area contributed by atoms with E-state index in [-0.39, 0.29) is 11.9 Å². The van der Waals surface area contributed by atoms with Crippen LogP contribution < -0.4 is 5.32 Å². The molecule has 1 amide bonds. The van der Waals surface area contributed by atoms with Gasteiger partial charge in [-0.25, -0.2) is 0 Å². The molecule has 1 aliphatic heterocycles. The number of carbonyl (C=O) groups excluding carboxylic acids is 1. The predicted octanol–water partition coefficient (Wildman–Crippen LogP) is 2.34. The largest absolute Gasteiger partial charge is 0.333 e. The normalized spacial score (nSPS) is 20.3. The molecule has 1 saturated heterocycles. The predicted molar refractivity (Wildman–Crippen MR) is 75.2 cm³/mol. The lowest BCUT2D eigenvalue weighted by molar-refractivity contribution is 0.0658. The van der Waals surface area contributed by atoms with Crippen molar-refractivity contribution in [3.63, 3.8) is 0 Å². The molecule has 2 aromatic rings. The summed E-state index contributed by atoms with van der Waals surface area (Å²) in [6.07, 6.45) is 0. The smallest absolute Gasteiger partial charge is 0.255 e. The molecule has 1 aromatic heterocycles. The van der Waals surface area contributed by atoms with E-state index in [1.54, 1.807) is 11.3 Å². The van der Waals surface area contributed by atoms with E-state index in [9.17, 15) is 4.79 Å². The Hall–Kier alpha value is -1.39. The lowest BCUT2D eigenvalue weighted by atomic mass is 10.1. The zero-order chi connectivity index (χ0) is 12.5. The third-order valence-electron chi connectivity index (χ3n) is 3.47. The van der Waals surface area contributed by atoms with Gasteiger partial charge in [-0.2, -0.15) is 0 Å². The van der Waals surface area contributed by atoms with E-state index in [1.807, 2.05) is 28.5 Å². The zero-order valence-electron chi connectivity index (χ0n) is 10.3. The number of benzene rings is 1. The highest BCUT2D eigenvalue weighted by Gasteiger charge is 2.25. The standard InChI is InChI=1S/C14H16N2OS/c1-10-8-15-6-7-16(10)14(17)12-9-18-13-5-3-2-4-11(12)13/h2-5,9-10,15H,6-8H2,1H3/t10-/m0/s1. The highest BCUT2D eigenvalue weighted by Crippen LogP contribution is 2.27. The molecule has 1 aromatic carbocycles. The molecule has 18 heavy (non-hydrogen) atoms. The van der Waals surface area contributed by atoms with E-state index < -0.39 is 0 Å². The summed E-state index contributed by atoms with van der Waals surface area (Å²) in [5, 5.41) is 6.38. The summed E-state index contributed by atoms with van der Waals surface area (Å²) >= 11 is 1.64.